The summed E-state index contributed by atoms with van der Waals surface area (Å²) in [5.74, 6) is 0.630. The van der Waals surface area contributed by atoms with Crippen LogP contribution in [0.1, 0.15) is 40.2 Å². The molecule has 1 aliphatic rings. The zero-order valence-electron chi connectivity index (χ0n) is 9.67. The van der Waals surface area contributed by atoms with E-state index in [4.69, 9.17) is 5.73 Å². The van der Waals surface area contributed by atoms with E-state index in [0.29, 0.717) is 12.5 Å². The number of hydrogen-bond acceptors (Lipinski definition) is 3. The van der Waals surface area contributed by atoms with Crippen molar-refractivity contribution in [2.75, 3.05) is 0 Å². The molecule has 88 valence electrons. The zero-order chi connectivity index (χ0) is 12.1. The molecule has 17 heavy (non-hydrogen) atoms. The molecule has 2 rings (SSSR count). The fraction of sp³-hybridized carbons (Fsp3) is 0.286. The van der Waals surface area contributed by atoms with E-state index in [0.717, 1.165) is 11.8 Å². The first-order valence-electron chi connectivity index (χ1n) is 5.80. The highest BCUT2D eigenvalue weighted by atomic mass is 16.1. The van der Waals surface area contributed by atoms with Crippen LogP contribution in [0, 0.1) is 0 Å². The molecular formula is C14H16N2O. The summed E-state index contributed by atoms with van der Waals surface area (Å²) >= 11 is 0. The highest BCUT2D eigenvalue weighted by Crippen LogP contribution is 2.42. The summed E-state index contributed by atoms with van der Waals surface area (Å²) in [6, 6.07) is 5.84. The Hall–Kier alpha value is -1.90. The van der Waals surface area contributed by atoms with Gasteiger partial charge in [0.25, 0.3) is 0 Å². The Morgan fingerprint density at radius 1 is 1.41 bits per heavy atom. The second kappa shape index (κ2) is 5.43. The van der Waals surface area contributed by atoms with Crippen LogP contribution in [0.2, 0.25) is 0 Å². The van der Waals surface area contributed by atoms with Gasteiger partial charge in [0.1, 0.15) is 6.29 Å². The van der Waals surface area contributed by atoms with Crippen molar-refractivity contribution < 1.29 is 4.79 Å². The second-order valence-electron chi connectivity index (χ2n) is 4.23. The standard InChI is InChI=1S/C14H16N2O/c15-6-1-7-16-9-13-3-2-11(10-17)8-14(13)12-4-5-12/h1-3,6-8,10,12H,4-5,9,15H2/b6-1-,16-7?. The maximum atomic E-state index is 10.8. The number of nitrogens with two attached hydrogens (primary N) is 1. The first-order chi connectivity index (χ1) is 8.35. The number of allylic oxidation sites excluding steroid dienone is 1. The molecule has 3 heteroatoms. The summed E-state index contributed by atoms with van der Waals surface area (Å²) in [7, 11) is 0. The second-order valence-corrected chi connectivity index (χ2v) is 4.23. The molecule has 1 aromatic carbocycles. The molecule has 0 heterocycles. The fourth-order valence-electron chi connectivity index (χ4n) is 1.87. The number of carbonyl (C=O) groups is 1. The predicted molar refractivity (Wildman–Crippen MR) is 69.3 cm³/mol. The number of nitrogens with zero attached hydrogens (tertiary/aromatic N) is 1. The van der Waals surface area contributed by atoms with Crippen molar-refractivity contribution >= 4 is 12.5 Å². The first-order valence-corrected chi connectivity index (χ1v) is 5.80. The van der Waals surface area contributed by atoms with Crippen LogP contribution in [0.5, 0.6) is 0 Å². The lowest BCUT2D eigenvalue weighted by Crippen LogP contribution is -1.94. The SMILES string of the molecule is N/C=C\C=NCc1ccc(C=O)cc1C1CC1. The minimum Gasteiger partial charge on any atom is -0.405 e. The lowest BCUT2D eigenvalue weighted by Gasteiger charge is -2.06. The Kier molecular flexibility index (Phi) is 3.70. The first kappa shape index (κ1) is 11.6. The molecular weight excluding hydrogens is 212 g/mol. The highest BCUT2D eigenvalue weighted by molar-refractivity contribution is 5.75. The third kappa shape index (κ3) is 3.03. The van der Waals surface area contributed by atoms with E-state index < -0.39 is 0 Å². The van der Waals surface area contributed by atoms with Gasteiger partial charge in [0.15, 0.2) is 0 Å². The maximum absolute atomic E-state index is 10.8. The van der Waals surface area contributed by atoms with E-state index in [1.807, 2.05) is 18.2 Å². The normalized spacial score (nSPS) is 15.8. The molecule has 2 N–H and O–H groups in total. The van der Waals surface area contributed by atoms with Crippen LogP contribution < -0.4 is 5.73 Å². The molecule has 0 saturated heterocycles. The minimum atomic E-state index is 0.630. The van der Waals surface area contributed by atoms with Crippen LogP contribution in [0.4, 0.5) is 0 Å². The molecule has 1 aliphatic carbocycles. The Bertz CT molecular complexity index is 459. The van der Waals surface area contributed by atoms with Crippen LogP contribution in [0.15, 0.2) is 35.5 Å². The van der Waals surface area contributed by atoms with Gasteiger partial charge < -0.3 is 5.73 Å². The van der Waals surface area contributed by atoms with Gasteiger partial charge in [0.2, 0.25) is 0 Å². The highest BCUT2D eigenvalue weighted by Gasteiger charge is 2.25. The van der Waals surface area contributed by atoms with Gasteiger partial charge in [-0.25, -0.2) is 0 Å². The van der Waals surface area contributed by atoms with Crippen molar-refractivity contribution in [1.82, 2.24) is 0 Å². The number of carbonyl (C=O) groups excluding carboxylic acids is 1. The van der Waals surface area contributed by atoms with Gasteiger partial charge in [-0.2, -0.15) is 0 Å². The summed E-state index contributed by atoms with van der Waals surface area (Å²) in [6.45, 7) is 0.648. The van der Waals surface area contributed by atoms with E-state index in [2.05, 4.69) is 4.99 Å². The van der Waals surface area contributed by atoms with Gasteiger partial charge in [-0.1, -0.05) is 12.1 Å². The van der Waals surface area contributed by atoms with E-state index in [1.165, 1.54) is 30.2 Å². The molecule has 0 bridgehead atoms. The van der Waals surface area contributed by atoms with Crippen LogP contribution in [-0.2, 0) is 6.54 Å². The van der Waals surface area contributed by atoms with Crippen molar-refractivity contribution in [2.24, 2.45) is 10.7 Å². The molecule has 1 aromatic rings. The summed E-state index contributed by atoms with van der Waals surface area (Å²) in [6.07, 6.45) is 8.21. The topological polar surface area (TPSA) is 55.4 Å². The largest absolute Gasteiger partial charge is 0.405 e. The molecule has 1 fully saturated rings. The van der Waals surface area contributed by atoms with E-state index in [1.54, 1.807) is 12.3 Å². The summed E-state index contributed by atoms with van der Waals surface area (Å²) in [4.78, 5) is 15.0. The Morgan fingerprint density at radius 2 is 2.24 bits per heavy atom. The Balaban J connectivity index is 2.17. The van der Waals surface area contributed by atoms with Crippen LogP contribution >= 0.6 is 0 Å². The van der Waals surface area contributed by atoms with Crippen molar-refractivity contribution in [2.45, 2.75) is 25.3 Å². The molecule has 0 amide bonds. The Labute approximate surface area is 101 Å². The van der Waals surface area contributed by atoms with Gasteiger partial charge in [-0.15, -0.1) is 0 Å². The van der Waals surface area contributed by atoms with Gasteiger partial charge >= 0.3 is 0 Å². The molecule has 0 spiro atoms. The molecule has 0 aliphatic heterocycles. The smallest absolute Gasteiger partial charge is 0.150 e. The van der Waals surface area contributed by atoms with Crippen LogP contribution in [0.3, 0.4) is 0 Å². The van der Waals surface area contributed by atoms with Gasteiger partial charge in [-0.3, -0.25) is 9.79 Å². The molecule has 1 saturated carbocycles. The van der Waals surface area contributed by atoms with E-state index in [-0.39, 0.29) is 0 Å². The average molecular weight is 228 g/mol. The third-order valence-electron chi connectivity index (χ3n) is 2.89. The summed E-state index contributed by atoms with van der Waals surface area (Å²) in [5.41, 5.74) is 8.46. The number of rotatable bonds is 5. The number of hydrogen-bond donors (Lipinski definition) is 1. The summed E-state index contributed by atoms with van der Waals surface area (Å²) in [5, 5.41) is 0. The minimum absolute atomic E-state index is 0.630. The maximum Gasteiger partial charge on any atom is 0.150 e. The lowest BCUT2D eigenvalue weighted by molar-refractivity contribution is 0.112. The fourth-order valence-corrected chi connectivity index (χ4v) is 1.87. The van der Waals surface area contributed by atoms with Gasteiger partial charge in [-0.05, 0) is 48.2 Å². The van der Waals surface area contributed by atoms with Crippen molar-refractivity contribution in [3.8, 4) is 0 Å². The van der Waals surface area contributed by atoms with Gasteiger partial charge in [0, 0.05) is 11.8 Å². The summed E-state index contributed by atoms with van der Waals surface area (Å²) < 4.78 is 0. The monoisotopic (exact) mass is 228 g/mol. The molecule has 3 nitrogen and oxygen atoms in total. The third-order valence-corrected chi connectivity index (χ3v) is 2.89. The van der Waals surface area contributed by atoms with Crippen molar-refractivity contribution in [1.29, 1.82) is 0 Å². The van der Waals surface area contributed by atoms with Gasteiger partial charge in [0.05, 0.1) is 6.54 Å². The van der Waals surface area contributed by atoms with E-state index >= 15 is 0 Å². The van der Waals surface area contributed by atoms with E-state index in [9.17, 15) is 4.79 Å². The van der Waals surface area contributed by atoms with Crippen molar-refractivity contribution in [3.05, 3.63) is 47.2 Å². The van der Waals surface area contributed by atoms with Crippen LogP contribution in [-0.4, -0.2) is 12.5 Å². The average Bonchev–Trinajstić information content (AvgIpc) is 3.19. The predicted octanol–water partition coefficient (Wildman–Crippen LogP) is 2.42. The van der Waals surface area contributed by atoms with Crippen molar-refractivity contribution in [3.63, 3.8) is 0 Å². The Morgan fingerprint density at radius 3 is 2.88 bits per heavy atom. The molecule has 0 aromatic heterocycles. The molecule has 0 unspecified atom stereocenters. The zero-order valence-corrected chi connectivity index (χ0v) is 9.67. The molecule has 0 radical (unpaired) electrons. The molecule has 0 atom stereocenters. The quantitative estimate of drug-likeness (QED) is 0.621. The van der Waals surface area contributed by atoms with Crippen LogP contribution in [0.25, 0.3) is 0 Å². The number of aldehydes is 1. The number of benzene rings is 1. The lowest BCUT2D eigenvalue weighted by atomic mass is 10.0. The number of aliphatic imine (C=N–C) groups is 1.